The summed E-state index contributed by atoms with van der Waals surface area (Å²) < 4.78 is 0.951. The number of thiophene rings is 1. The molecule has 1 aromatic heterocycles. The Balaban J connectivity index is 2.81. The summed E-state index contributed by atoms with van der Waals surface area (Å²) in [6, 6.07) is 3.88. The highest BCUT2D eigenvalue weighted by atomic mass is 79.9. The molecule has 3 nitrogen and oxygen atoms in total. The van der Waals surface area contributed by atoms with Gasteiger partial charge in [0.1, 0.15) is 5.92 Å². The van der Waals surface area contributed by atoms with Crippen LogP contribution in [-0.4, -0.2) is 13.0 Å². The van der Waals surface area contributed by atoms with Gasteiger partial charge in [0, 0.05) is 16.9 Å². The monoisotopic (exact) mass is 286 g/mol. The van der Waals surface area contributed by atoms with Gasteiger partial charge >= 0.3 is 0 Å². The molecular formula is C10H11BrN2OS. The Morgan fingerprint density at radius 1 is 1.80 bits per heavy atom. The van der Waals surface area contributed by atoms with Crippen molar-refractivity contribution in [3.8, 4) is 6.07 Å². The molecule has 0 aliphatic heterocycles. The zero-order valence-corrected chi connectivity index (χ0v) is 10.9. The Hall–Kier alpha value is -0.860. The van der Waals surface area contributed by atoms with Crippen molar-refractivity contribution < 1.29 is 4.79 Å². The SMILES string of the molecule is CCC(C#N)C(=O)N(C)c1cc(Br)cs1. The summed E-state index contributed by atoms with van der Waals surface area (Å²) in [5, 5.41) is 11.6. The maximum Gasteiger partial charge on any atom is 0.244 e. The minimum atomic E-state index is -0.545. The van der Waals surface area contributed by atoms with Gasteiger partial charge in [-0.15, -0.1) is 11.3 Å². The van der Waals surface area contributed by atoms with Crippen molar-refractivity contribution in [1.82, 2.24) is 0 Å². The van der Waals surface area contributed by atoms with Gasteiger partial charge in [-0.05, 0) is 28.4 Å². The number of rotatable bonds is 3. The highest BCUT2D eigenvalue weighted by Gasteiger charge is 2.21. The Morgan fingerprint density at radius 2 is 2.47 bits per heavy atom. The largest absolute Gasteiger partial charge is 0.306 e. The fraction of sp³-hybridized carbons (Fsp3) is 0.400. The third-order valence-electron chi connectivity index (χ3n) is 2.08. The van der Waals surface area contributed by atoms with Crippen molar-refractivity contribution in [2.45, 2.75) is 13.3 Å². The van der Waals surface area contributed by atoms with Gasteiger partial charge in [-0.25, -0.2) is 0 Å². The van der Waals surface area contributed by atoms with E-state index in [1.165, 1.54) is 16.2 Å². The zero-order chi connectivity index (χ0) is 11.4. The smallest absolute Gasteiger partial charge is 0.244 e. The minimum Gasteiger partial charge on any atom is -0.306 e. The third kappa shape index (κ3) is 2.80. The first kappa shape index (κ1) is 12.2. The van der Waals surface area contributed by atoms with Crippen LogP contribution < -0.4 is 4.90 Å². The van der Waals surface area contributed by atoms with E-state index in [0.29, 0.717) is 6.42 Å². The van der Waals surface area contributed by atoms with Crippen molar-refractivity contribution >= 4 is 38.2 Å². The van der Waals surface area contributed by atoms with Gasteiger partial charge in [-0.1, -0.05) is 6.92 Å². The molecule has 0 radical (unpaired) electrons. The second kappa shape index (κ2) is 5.29. The molecule has 15 heavy (non-hydrogen) atoms. The molecule has 0 aliphatic carbocycles. The van der Waals surface area contributed by atoms with E-state index < -0.39 is 5.92 Å². The van der Waals surface area contributed by atoms with Gasteiger partial charge in [0.05, 0.1) is 11.1 Å². The van der Waals surface area contributed by atoms with Crippen molar-refractivity contribution in [3.05, 3.63) is 15.9 Å². The normalized spacial score (nSPS) is 11.9. The molecule has 1 rings (SSSR count). The predicted molar refractivity (Wildman–Crippen MR) is 64.8 cm³/mol. The lowest BCUT2D eigenvalue weighted by Crippen LogP contribution is -2.31. The molecule has 0 saturated carbocycles. The molecular weight excluding hydrogens is 276 g/mol. The minimum absolute atomic E-state index is 0.144. The van der Waals surface area contributed by atoms with Crippen LogP contribution in [0.3, 0.4) is 0 Å². The van der Waals surface area contributed by atoms with Crippen LogP contribution in [0.4, 0.5) is 5.00 Å². The first-order chi connectivity index (χ1) is 7.10. The van der Waals surface area contributed by atoms with Gasteiger partial charge in [0.25, 0.3) is 0 Å². The molecule has 1 heterocycles. The van der Waals surface area contributed by atoms with Gasteiger partial charge in [0.15, 0.2) is 0 Å². The first-order valence-electron chi connectivity index (χ1n) is 4.51. The summed E-state index contributed by atoms with van der Waals surface area (Å²) in [5.74, 6) is -0.690. The van der Waals surface area contributed by atoms with E-state index >= 15 is 0 Å². The van der Waals surface area contributed by atoms with Crippen LogP contribution in [0.2, 0.25) is 0 Å². The topological polar surface area (TPSA) is 44.1 Å². The molecule has 0 fully saturated rings. The standard InChI is InChI=1S/C10H11BrN2OS/c1-3-7(5-12)10(14)13(2)9-4-8(11)6-15-9/h4,6-7H,3H2,1-2H3. The van der Waals surface area contributed by atoms with E-state index in [1.54, 1.807) is 7.05 Å². The lowest BCUT2D eigenvalue weighted by molar-refractivity contribution is -0.120. The molecule has 1 amide bonds. The van der Waals surface area contributed by atoms with Crippen LogP contribution in [0.5, 0.6) is 0 Å². The molecule has 1 unspecified atom stereocenters. The molecule has 1 atom stereocenters. The van der Waals surface area contributed by atoms with E-state index in [2.05, 4.69) is 15.9 Å². The highest BCUT2D eigenvalue weighted by Crippen LogP contribution is 2.28. The molecule has 0 spiro atoms. The van der Waals surface area contributed by atoms with Gasteiger partial charge < -0.3 is 4.90 Å². The summed E-state index contributed by atoms with van der Waals surface area (Å²) in [4.78, 5) is 13.3. The number of hydrogen-bond donors (Lipinski definition) is 0. The summed E-state index contributed by atoms with van der Waals surface area (Å²) in [6.07, 6.45) is 0.548. The Bertz CT molecular complexity index is 396. The van der Waals surface area contributed by atoms with Crippen LogP contribution in [0.15, 0.2) is 15.9 Å². The first-order valence-corrected chi connectivity index (χ1v) is 6.18. The molecule has 0 aromatic carbocycles. The fourth-order valence-corrected chi connectivity index (χ4v) is 2.54. The Labute approximate surface area is 101 Å². The molecule has 0 N–H and O–H groups in total. The third-order valence-corrected chi connectivity index (χ3v) is 3.84. The Kier molecular flexibility index (Phi) is 4.30. The Morgan fingerprint density at radius 3 is 2.87 bits per heavy atom. The maximum absolute atomic E-state index is 11.8. The average Bonchev–Trinajstić information content (AvgIpc) is 2.65. The van der Waals surface area contributed by atoms with E-state index in [4.69, 9.17) is 5.26 Å². The maximum atomic E-state index is 11.8. The summed E-state index contributed by atoms with van der Waals surface area (Å²) in [7, 11) is 1.70. The van der Waals surface area contributed by atoms with Gasteiger partial charge in [0.2, 0.25) is 5.91 Å². The predicted octanol–water partition coefficient (Wildman–Crippen LogP) is 3.02. The summed E-state index contributed by atoms with van der Waals surface area (Å²) >= 11 is 4.80. The van der Waals surface area contributed by atoms with Crippen molar-refractivity contribution in [1.29, 1.82) is 5.26 Å². The molecule has 0 aliphatic rings. The number of nitriles is 1. The number of carbonyl (C=O) groups excluding carboxylic acids is 1. The van der Waals surface area contributed by atoms with Crippen molar-refractivity contribution in [2.24, 2.45) is 5.92 Å². The lowest BCUT2D eigenvalue weighted by Gasteiger charge is -2.17. The molecule has 1 aromatic rings. The van der Waals surface area contributed by atoms with Crippen molar-refractivity contribution in [2.75, 3.05) is 11.9 Å². The van der Waals surface area contributed by atoms with E-state index in [1.807, 2.05) is 24.4 Å². The van der Waals surface area contributed by atoms with Gasteiger partial charge in [-0.2, -0.15) is 5.26 Å². The van der Waals surface area contributed by atoms with Crippen LogP contribution in [0.25, 0.3) is 0 Å². The van der Waals surface area contributed by atoms with Gasteiger partial charge in [-0.3, -0.25) is 4.79 Å². The number of anilines is 1. The number of carbonyl (C=O) groups is 1. The number of nitrogens with zero attached hydrogens (tertiary/aromatic N) is 2. The number of hydrogen-bond acceptors (Lipinski definition) is 3. The molecule has 0 saturated heterocycles. The van der Waals surface area contributed by atoms with E-state index in [0.717, 1.165) is 9.47 Å². The lowest BCUT2D eigenvalue weighted by atomic mass is 10.1. The van der Waals surface area contributed by atoms with Crippen LogP contribution in [-0.2, 0) is 4.79 Å². The zero-order valence-electron chi connectivity index (χ0n) is 8.53. The highest BCUT2D eigenvalue weighted by molar-refractivity contribution is 9.10. The molecule has 0 bridgehead atoms. The molecule has 5 heteroatoms. The second-order valence-electron chi connectivity index (χ2n) is 3.09. The van der Waals surface area contributed by atoms with Crippen LogP contribution in [0.1, 0.15) is 13.3 Å². The van der Waals surface area contributed by atoms with E-state index in [9.17, 15) is 4.79 Å². The van der Waals surface area contributed by atoms with Crippen LogP contribution in [0, 0.1) is 17.2 Å². The fourth-order valence-electron chi connectivity index (χ4n) is 1.14. The number of halogens is 1. The van der Waals surface area contributed by atoms with Crippen molar-refractivity contribution in [3.63, 3.8) is 0 Å². The summed E-state index contributed by atoms with van der Waals surface area (Å²) in [5.41, 5.74) is 0. The van der Waals surface area contributed by atoms with E-state index in [-0.39, 0.29) is 5.91 Å². The quantitative estimate of drug-likeness (QED) is 0.857. The molecule has 80 valence electrons. The average molecular weight is 287 g/mol. The summed E-state index contributed by atoms with van der Waals surface area (Å²) in [6.45, 7) is 1.84. The van der Waals surface area contributed by atoms with Crippen LogP contribution >= 0.6 is 27.3 Å². The second-order valence-corrected chi connectivity index (χ2v) is 4.90. The number of amides is 1.